The van der Waals surface area contributed by atoms with Crippen LogP contribution in [0.15, 0.2) is 29.2 Å². The molecule has 0 aliphatic carbocycles. The van der Waals surface area contributed by atoms with E-state index in [4.69, 9.17) is 0 Å². The zero-order valence-electron chi connectivity index (χ0n) is 14.8. The van der Waals surface area contributed by atoms with Crippen LogP contribution in [0.2, 0.25) is 0 Å². The fourth-order valence-corrected chi connectivity index (χ4v) is 3.34. The molecule has 1 aromatic carbocycles. The summed E-state index contributed by atoms with van der Waals surface area (Å²) in [7, 11) is 1.51. The van der Waals surface area contributed by atoms with Crippen LogP contribution in [0.25, 0.3) is 10.8 Å². The number of fused-ring (bicyclic) bond motifs is 1. The molecule has 1 aliphatic heterocycles. The molecule has 138 valence electrons. The van der Waals surface area contributed by atoms with Gasteiger partial charge in [0.2, 0.25) is 5.91 Å². The Labute approximate surface area is 151 Å². The van der Waals surface area contributed by atoms with Crippen molar-refractivity contribution in [3.63, 3.8) is 0 Å². The predicted octanol–water partition coefficient (Wildman–Crippen LogP) is 0.0723. The van der Waals surface area contributed by atoms with Crippen molar-refractivity contribution in [2.45, 2.75) is 18.9 Å². The molecule has 1 aromatic heterocycles. The molecule has 3 rings (SSSR count). The number of carbonyl (C=O) groups is 2. The van der Waals surface area contributed by atoms with Gasteiger partial charge in [0.1, 0.15) is 12.3 Å². The Kier molecular flexibility index (Phi) is 5.62. The summed E-state index contributed by atoms with van der Waals surface area (Å²) in [6.07, 6.45) is 2.77. The van der Waals surface area contributed by atoms with E-state index in [1.165, 1.54) is 11.7 Å². The number of hydrogen-bond donors (Lipinski definition) is 2. The summed E-state index contributed by atoms with van der Waals surface area (Å²) >= 11 is 0. The molecule has 2 N–H and O–H groups in total. The molecule has 8 nitrogen and oxygen atoms in total. The molecule has 1 unspecified atom stereocenters. The van der Waals surface area contributed by atoms with Crippen molar-refractivity contribution in [2.75, 3.05) is 38.1 Å². The first-order valence-corrected chi connectivity index (χ1v) is 8.78. The zero-order valence-corrected chi connectivity index (χ0v) is 14.8. The van der Waals surface area contributed by atoms with Crippen molar-refractivity contribution < 1.29 is 9.59 Å². The summed E-state index contributed by atoms with van der Waals surface area (Å²) < 4.78 is 1.20. The van der Waals surface area contributed by atoms with Crippen LogP contribution >= 0.6 is 0 Å². The van der Waals surface area contributed by atoms with E-state index in [1.54, 1.807) is 6.20 Å². The molecule has 2 heterocycles. The van der Waals surface area contributed by atoms with E-state index >= 15 is 0 Å². The number of anilines is 1. The maximum Gasteiger partial charge on any atom is 0.277 e. The van der Waals surface area contributed by atoms with Gasteiger partial charge < -0.3 is 20.3 Å². The van der Waals surface area contributed by atoms with Gasteiger partial charge in [-0.25, -0.2) is 4.68 Å². The second-order valence-electron chi connectivity index (χ2n) is 6.25. The van der Waals surface area contributed by atoms with E-state index in [-0.39, 0.29) is 24.3 Å². The first-order valence-electron chi connectivity index (χ1n) is 8.78. The number of likely N-dealkylation sites (N-methyl/N-ethyl adjacent to an activating group) is 1. The van der Waals surface area contributed by atoms with Crippen molar-refractivity contribution in [3.05, 3.63) is 34.7 Å². The van der Waals surface area contributed by atoms with Gasteiger partial charge in [0, 0.05) is 45.0 Å². The lowest BCUT2D eigenvalue weighted by atomic mass is 10.1. The van der Waals surface area contributed by atoms with Crippen LogP contribution in [-0.2, 0) is 9.59 Å². The second kappa shape index (κ2) is 8.09. The second-order valence-corrected chi connectivity index (χ2v) is 6.25. The van der Waals surface area contributed by atoms with E-state index in [9.17, 15) is 14.4 Å². The fourth-order valence-electron chi connectivity index (χ4n) is 3.34. The smallest absolute Gasteiger partial charge is 0.277 e. The number of amides is 1. The summed E-state index contributed by atoms with van der Waals surface area (Å²) in [5.74, 6) is -0.333. The number of aldehydes is 1. The molecular formula is C18H23N5O3. The van der Waals surface area contributed by atoms with E-state index in [0.717, 1.165) is 43.5 Å². The Bertz CT molecular complexity index is 858. The average molecular weight is 357 g/mol. The van der Waals surface area contributed by atoms with Crippen LogP contribution in [0.4, 0.5) is 5.69 Å². The highest BCUT2D eigenvalue weighted by molar-refractivity contribution is 5.93. The third-order valence-corrected chi connectivity index (χ3v) is 4.68. The molecule has 1 amide bonds. The lowest BCUT2D eigenvalue weighted by Crippen LogP contribution is -2.44. The average Bonchev–Trinajstić information content (AvgIpc) is 2.69. The van der Waals surface area contributed by atoms with Gasteiger partial charge in [-0.2, -0.15) is 5.10 Å². The number of nitrogens with one attached hydrogen (secondary N) is 2. The van der Waals surface area contributed by atoms with E-state index < -0.39 is 6.04 Å². The maximum atomic E-state index is 13.2. The molecule has 0 radical (unpaired) electrons. The molecule has 26 heavy (non-hydrogen) atoms. The Morgan fingerprint density at radius 1 is 1.38 bits per heavy atom. The number of rotatable bonds is 6. The summed E-state index contributed by atoms with van der Waals surface area (Å²) in [5.41, 5.74) is 0.548. The topological polar surface area (TPSA) is 96.3 Å². The Hall–Kier alpha value is -2.74. The highest BCUT2D eigenvalue weighted by Crippen LogP contribution is 2.24. The molecule has 1 atom stereocenters. The molecule has 2 aromatic rings. The third kappa shape index (κ3) is 3.45. The minimum Gasteiger partial charge on any atom is -0.368 e. The van der Waals surface area contributed by atoms with Gasteiger partial charge in [-0.1, -0.05) is 12.1 Å². The number of hydrogen-bond acceptors (Lipinski definition) is 6. The summed E-state index contributed by atoms with van der Waals surface area (Å²) in [5, 5.41) is 11.4. The highest BCUT2D eigenvalue weighted by Gasteiger charge is 2.24. The van der Waals surface area contributed by atoms with Crippen LogP contribution in [0.5, 0.6) is 0 Å². The van der Waals surface area contributed by atoms with E-state index in [1.807, 2.05) is 18.2 Å². The minimum atomic E-state index is -0.807. The molecule has 1 fully saturated rings. The summed E-state index contributed by atoms with van der Waals surface area (Å²) in [6.45, 7) is 3.33. The van der Waals surface area contributed by atoms with Crippen molar-refractivity contribution in [1.82, 2.24) is 20.4 Å². The van der Waals surface area contributed by atoms with Crippen LogP contribution in [-0.4, -0.2) is 55.2 Å². The van der Waals surface area contributed by atoms with E-state index in [2.05, 4.69) is 20.6 Å². The quantitative estimate of drug-likeness (QED) is 0.711. The lowest BCUT2D eigenvalue weighted by molar-refractivity contribution is -0.124. The van der Waals surface area contributed by atoms with Gasteiger partial charge >= 0.3 is 0 Å². The Morgan fingerprint density at radius 2 is 2.15 bits per heavy atom. The molecule has 0 spiro atoms. The standard InChI is InChI=1S/C18H23N5O3/c1-19-17(25)15(6-3-11-24)23-18(26)16-13(12-21-23)4-2-5-14(16)22-9-7-20-8-10-22/h2,4-5,11-12,15,20H,3,6-10H2,1H3,(H,19,25). The first kappa shape index (κ1) is 18.1. The van der Waals surface area contributed by atoms with Crippen LogP contribution in [0, 0.1) is 0 Å². The van der Waals surface area contributed by atoms with Crippen molar-refractivity contribution in [3.8, 4) is 0 Å². The monoisotopic (exact) mass is 357 g/mol. The maximum absolute atomic E-state index is 13.2. The van der Waals surface area contributed by atoms with Gasteiger partial charge in [-0.05, 0) is 12.5 Å². The van der Waals surface area contributed by atoms with Gasteiger partial charge in [-0.3, -0.25) is 9.59 Å². The van der Waals surface area contributed by atoms with Crippen LogP contribution in [0.3, 0.4) is 0 Å². The molecule has 1 saturated heterocycles. The lowest BCUT2D eigenvalue weighted by Gasteiger charge is -2.30. The number of piperazine rings is 1. The summed E-state index contributed by atoms with van der Waals surface area (Å²) in [6, 6.07) is 4.88. The normalized spacial score (nSPS) is 15.7. The molecule has 1 aliphatic rings. The fraction of sp³-hybridized carbons (Fsp3) is 0.444. The first-order chi connectivity index (χ1) is 12.7. The minimum absolute atomic E-state index is 0.184. The SMILES string of the molecule is CNC(=O)C(CCC=O)n1ncc2cccc(N3CCNCC3)c2c1=O. The van der Waals surface area contributed by atoms with Gasteiger partial charge in [-0.15, -0.1) is 0 Å². The van der Waals surface area contributed by atoms with Gasteiger partial charge in [0.25, 0.3) is 5.56 Å². The summed E-state index contributed by atoms with van der Waals surface area (Å²) in [4.78, 5) is 38.4. The Morgan fingerprint density at radius 3 is 2.85 bits per heavy atom. The third-order valence-electron chi connectivity index (χ3n) is 4.68. The van der Waals surface area contributed by atoms with Crippen molar-refractivity contribution in [2.24, 2.45) is 0 Å². The number of nitrogens with zero attached hydrogens (tertiary/aromatic N) is 3. The highest BCUT2D eigenvalue weighted by atomic mass is 16.2. The van der Waals surface area contributed by atoms with Gasteiger partial charge in [0.05, 0.1) is 17.3 Å². The number of carbonyl (C=O) groups excluding carboxylic acids is 2. The Balaban J connectivity index is 2.12. The van der Waals surface area contributed by atoms with Crippen LogP contribution in [0.1, 0.15) is 18.9 Å². The predicted molar refractivity (Wildman–Crippen MR) is 99.5 cm³/mol. The van der Waals surface area contributed by atoms with Crippen LogP contribution < -0.4 is 21.1 Å². The zero-order chi connectivity index (χ0) is 18.5. The van der Waals surface area contributed by atoms with Crippen molar-refractivity contribution in [1.29, 1.82) is 0 Å². The number of aromatic nitrogens is 2. The number of benzene rings is 1. The molecule has 0 saturated carbocycles. The molecule has 0 bridgehead atoms. The largest absolute Gasteiger partial charge is 0.368 e. The molecule has 8 heteroatoms. The van der Waals surface area contributed by atoms with E-state index in [0.29, 0.717) is 5.39 Å². The molecular weight excluding hydrogens is 334 g/mol. The van der Waals surface area contributed by atoms with Crippen molar-refractivity contribution >= 4 is 28.7 Å². The van der Waals surface area contributed by atoms with Gasteiger partial charge in [0.15, 0.2) is 0 Å².